The third kappa shape index (κ3) is 5.42. The Morgan fingerprint density at radius 3 is 2.00 bits per heavy atom. The Balaban J connectivity index is 1.66. The Kier molecular flexibility index (Phi) is 6.65. The first-order valence-corrected chi connectivity index (χ1v) is 10.9. The highest BCUT2D eigenvalue weighted by molar-refractivity contribution is 7.89. The second-order valence-electron chi connectivity index (χ2n) is 6.98. The van der Waals surface area contributed by atoms with Crippen LogP contribution in [0.3, 0.4) is 0 Å². The van der Waals surface area contributed by atoms with Crippen molar-refractivity contribution in [3.8, 4) is 0 Å². The lowest BCUT2D eigenvalue weighted by Crippen LogP contribution is -2.41. The van der Waals surface area contributed by atoms with Gasteiger partial charge < -0.3 is 0 Å². The number of amides is 2. The number of hydrazine groups is 1. The van der Waals surface area contributed by atoms with Gasteiger partial charge in [0.15, 0.2) is 0 Å². The molecular formula is C20H20F3N3O4S. The lowest BCUT2D eigenvalue weighted by atomic mass is 10.1. The highest BCUT2D eigenvalue weighted by Gasteiger charge is 2.30. The van der Waals surface area contributed by atoms with Crippen molar-refractivity contribution in [2.24, 2.45) is 0 Å². The molecule has 1 fully saturated rings. The van der Waals surface area contributed by atoms with E-state index in [0.717, 1.165) is 43.5 Å². The standard InChI is InChI=1S/C20H20F3N3O4S/c21-20(22,23)16-9-7-14(8-10-16)18(27)24-25-19(28)15-5-4-6-17(13-15)31(29,30)26-11-2-1-3-12-26/h4-10,13H,1-3,11-12H2,(H,24,27)(H,25,28). The molecule has 2 aromatic carbocycles. The second-order valence-corrected chi connectivity index (χ2v) is 8.91. The Bertz CT molecular complexity index is 1060. The van der Waals surface area contributed by atoms with E-state index in [2.05, 4.69) is 10.9 Å². The van der Waals surface area contributed by atoms with Gasteiger partial charge >= 0.3 is 6.18 Å². The molecule has 0 bridgehead atoms. The van der Waals surface area contributed by atoms with Gasteiger partial charge in [-0.2, -0.15) is 17.5 Å². The number of halogens is 3. The summed E-state index contributed by atoms with van der Waals surface area (Å²) in [7, 11) is -3.73. The molecule has 0 aliphatic carbocycles. The molecule has 11 heteroatoms. The minimum absolute atomic E-state index is 0.00537. The summed E-state index contributed by atoms with van der Waals surface area (Å²) < 4.78 is 64.7. The largest absolute Gasteiger partial charge is 0.416 e. The predicted molar refractivity (Wildman–Crippen MR) is 105 cm³/mol. The first-order chi connectivity index (χ1) is 14.6. The van der Waals surface area contributed by atoms with Crippen molar-refractivity contribution >= 4 is 21.8 Å². The van der Waals surface area contributed by atoms with Gasteiger partial charge in [0.1, 0.15) is 0 Å². The summed E-state index contributed by atoms with van der Waals surface area (Å²) in [4.78, 5) is 24.4. The maximum absolute atomic E-state index is 12.8. The molecule has 1 saturated heterocycles. The summed E-state index contributed by atoms with van der Waals surface area (Å²) in [6.07, 6.45) is -2.01. The molecule has 7 nitrogen and oxygen atoms in total. The number of hydrogen-bond donors (Lipinski definition) is 2. The van der Waals surface area contributed by atoms with Crippen molar-refractivity contribution in [3.63, 3.8) is 0 Å². The third-order valence-electron chi connectivity index (χ3n) is 4.81. The Morgan fingerprint density at radius 2 is 1.42 bits per heavy atom. The molecule has 166 valence electrons. The van der Waals surface area contributed by atoms with Crippen molar-refractivity contribution in [2.75, 3.05) is 13.1 Å². The Labute approximate surface area is 177 Å². The van der Waals surface area contributed by atoms with Gasteiger partial charge in [0.05, 0.1) is 10.5 Å². The first kappa shape index (κ1) is 22.8. The van der Waals surface area contributed by atoms with Gasteiger partial charge in [-0.15, -0.1) is 0 Å². The van der Waals surface area contributed by atoms with E-state index < -0.39 is 33.6 Å². The van der Waals surface area contributed by atoms with Crippen LogP contribution in [0.1, 0.15) is 45.5 Å². The number of carbonyl (C=O) groups is 2. The molecule has 1 heterocycles. The van der Waals surface area contributed by atoms with Gasteiger partial charge in [-0.1, -0.05) is 12.5 Å². The van der Waals surface area contributed by atoms with E-state index in [4.69, 9.17) is 0 Å². The zero-order chi connectivity index (χ0) is 22.6. The van der Waals surface area contributed by atoms with Gasteiger partial charge in [-0.05, 0) is 55.3 Å². The molecule has 2 amide bonds. The monoisotopic (exact) mass is 455 g/mol. The number of piperidine rings is 1. The molecule has 3 rings (SSSR count). The molecule has 1 aliphatic heterocycles. The smallest absolute Gasteiger partial charge is 0.267 e. The molecule has 2 N–H and O–H groups in total. The number of hydrogen-bond acceptors (Lipinski definition) is 4. The maximum Gasteiger partial charge on any atom is 0.416 e. The van der Waals surface area contributed by atoms with E-state index in [9.17, 15) is 31.2 Å². The third-order valence-corrected chi connectivity index (χ3v) is 6.71. The molecule has 0 radical (unpaired) electrons. The molecule has 2 aromatic rings. The van der Waals surface area contributed by atoms with Crippen molar-refractivity contribution < 1.29 is 31.2 Å². The minimum Gasteiger partial charge on any atom is -0.267 e. The van der Waals surface area contributed by atoms with Crippen molar-refractivity contribution in [3.05, 3.63) is 65.2 Å². The van der Waals surface area contributed by atoms with E-state index >= 15 is 0 Å². The van der Waals surface area contributed by atoms with Crippen molar-refractivity contribution in [2.45, 2.75) is 30.3 Å². The zero-order valence-corrected chi connectivity index (χ0v) is 17.1. The highest BCUT2D eigenvalue weighted by Crippen LogP contribution is 2.29. The lowest BCUT2D eigenvalue weighted by molar-refractivity contribution is -0.137. The van der Waals surface area contributed by atoms with Crippen LogP contribution in [0.15, 0.2) is 53.4 Å². The fraction of sp³-hybridized carbons (Fsp3) is 0.300. The fourth-order valence-electron chi connectivity index (χ4n) is 3.12. The average molecular weight is 455 g/mol. The normalized spacial score (nSPS) is 15.3. The first-order valence-electron chi connectivity index (χ1n) is 9.47. The Hall–Kier alpha value is -2.92. The van der Waals surface area contributed by atoms with Crippen LogP contribution in [0.4, 0.5) is 13.2 Å². The molecule has 0 atom stereocenters. The van der Waals surface area contributed by atoms with E-state index in [1.807, 2.05) is 0 Å². The minimum atomic E-state index is -4.53. The zero-order valence-electron chi connectivity index (χ0n) is 16.3. The summed E-state index contributed by atoms with van der Waals surface area (Å²) in [5.74, 6) is -1.59. The van der Waals surface area contributed by atoms with Crippen LogP contribution in [-0.2, 0) is 16.2 Å². The van der Waals surface area contributed by atoms with Gasteiger partial charge in [-0.3, -0.25) is 20.4 Å². The van der Waals surface area contributed by atoms with Crippen molar-refractivity contribution in [1.82, 2.24) is 15.2 Å². The van der Waals surface area contributed by atoms with Gasteiger partial charge in [0.25, 0.3) is 11.8 Å². The number of sulfonamides is 1. The quantitative estimate of drug-likeness (QED) is 0.693. The second kappa shape index (κ2) is 9.06. The van der Waals surface area contributed by atoms with Crippen molar-refractivity contribution in [1.29, 1.82) is 0 Å². The molecule has 31 heavy (non-hydrogen) atoms. The number of benzene rings is 2. The number of alkyl halides is 3. The highest BCUT2D eigenvalue weighted by atomic mass is 32.2. The van der Waals surface area contributed by atoms with Crippen LogP contribution in [0.25, 0.3) is 0 Å². The van der Waals surface area contributed by atoms with Gasteiger partial charge in [-0.25, -0.2) is 8.42 Å². The molecule has 0 saturated carbocycles. The molecule has 0 aromatic heterocycles. The van der Waals surface area contributed by atoms with Crippen LogP contribution in [-0.4, -0.2) is 37.6 Å². The van der Waals surface area contributed by atoms with E-state index in [1.165, 1.54) is 28.6 Å². The molecule has 0 spiro atoms. The van der Waals surface area contributed by atoms with E-state index in [-0.39, 0.29) is 16.0 Å². The summed E-state index contributed by atoms with van der Waals surface area (Å²) in [5.41, 5.74) is 3.24. The van der Waals surface area contributed by atoms with Crippen LogP contribution >= 0.6 is 0 Å². The van der Waals surface area contributed by atoms with Gasteiger partial charge in [0.2, 0.25) is 10.0 Å². The van der Waals surface area contributed by atoms with Crippen LogP contribution in [0.5, 0.6) is 0 Å². The number of rotatable bonds is 4. The van der Waals surface area contributed by atoms with E-state index in [1.54, 1.807) is 0 Å². The maximum atomic E-state index is 12.8. The van der Waals surface area contributed by atoms with Gasteiger partial charge in [0, 0.05) is 24.2 Å². The topological polar surface area (TPSA) is 95.6 Å². The summed E-state index contributed by atoms with van der Waals surface area (Å²) in [6, 6.07) is 8.88. The number of carbonyl (C=O) groups excluding carboxylic acids is 2. The molecule has 0 unspecified atom stereocenters. The number of nitrogens with zero attached hydrogens (tertiary/aromatic N) is 1. The van der Waals surface area contributed by atoms with Crippen LogP contribution in [0.2, 0.25) is 0 Å². The van der Waals surface area contributed by atoms with Crippen LogP contribution < -0.4 is 10.9 Å². The summed E-state index contributed by atoms with van der Waals surface area (Å²) >= 11 is 0. The summed E-state index contributed by atoms with van der Waals surface area (Å²) in [5, 5.41) is 0. The molecule has 1 aliphatic rings. The Morgan fingerprint density at radius 1 is 0.839 bits per heavy atom. The SMILES string of the molecule is O=C(NNC(=O)c1cccc(S(=O)(=O)N2CCCCC2)c1)c1ccc(C(F)(F)F)cc1. The van der Waals surface area contributed by atoms with Crippen LogP contribution in [0, 0.1) is 0 Å². The summed E-state index contributed by atoms with van der Waals surface area (Å²) in [6.45, 7) is 0.837. The average Bonchev–Trinajstić information content (AvgIpc) is 2.77. The molecular weight excluding hydrogens is 435 g/mol. The van der Waals surface area contributed by atoms with E-state index in [0.29, 0.717) is 13.1 Å². The lowest BCUT2D eigenvalue weighted by Gasteiger charge is -2.26. The number of nitrogens with one attached hydrogen (secondary N) is 2. The predicted octanol–water partition coefficient (Wildman–Crippen LogP) is 2.95. The fourth-order valence-corrected chi connectivity index (χ4v) is 4.68.